The van der Waals surface area contributed by atoms with Gasteiger partial charge in [0.25, 0.3) is 0 Å². The number of ether oxygens (including phenoxy) is 2. The van der Waals surface area contributed by atoms with Gasteiger partial charge in [-0.2, -0.15) is 13.2 Å². The molecule has 160 valence electrons. The Kier molecular flexibility index (Phi) is 12.4. The van der Waals surface area contributed by atoms with Gasteiger partial charge in [-0.1, -0.05) is 0 Å². The largest absolute Gasteiger partial charge is 0.401 e. The third kappa shape index (κ3) is 13.7. The molecule has 0 aliphatic carbocycles. The second-order valence-corrected chi connectivity index (χ2v) is 6.88. The van der Waals surface area contributed by atoms with Crippen molar-refractivity contribution < 1.29 is 22.6 Å². The van der Waals surface area contributed by atoms with E-state index in [9.17, 15) is 13.2 Å². The van der Waals surface area contributed by atoms with Crippen LogP contribution in [0.4, 0.5) is 13.2 Å². The van der Waals surface area contributed by atoms with Gasteiger partial charge in [0.1, 0.15) is 0 Å². The lowest BCUT2D eigenvalue weighted by Gasteiger charge is -2.21. The van der Waals surface area contributed by atoms with Crippen LogP contribution >= 0.6 is 0 Å². The van der Waals surface area contributed by atoms with Crippen molar-refractivity contribution in [3.8, 4) is 0 Å². The van der Waals surface area contributed by atoms with E-state index in [0.717, 1.165) is 45.6 Å². The van der Waals surface area contributed by atoms with Gasteiger partial charge in [0, 0.05) is 46.1 Å². The highest BCUT2D eigenvalue weighted by molar-refractivity contribution is 5.79. The summed E-state index contributed by atoms with van der Waals surface area (Å²) in [6.45, 7) is 6.58. The van der Waals surface area contributed by atoms with Crippen molar-refractivity contribution in [2.75, 3.05) is 66.2 Å². The minimum atomic E-state index is -4.15. The summed E-state index contributed by atoms with van der Waals surface area (Å²) >= 11 is 0. The van der Waals surface area contributed by atoms with Crippen molar-refractivity contribution in [3.63, 3.8) is 0 Å². The van der Waals surface area contributed by atoms with Crippen LogP contribution in [0.1, 0.15) is 32.6 Å². The standard InChI is InChI=1S/C18H35F3N4O2/c1-3-22-17(23-8-4-10-25(2)15-18(19,20)21)24-9-5-11-27-14-16-6-12-26-13-7-16/h16H,3-15H2,1-2H3,(H2,22,23,24). The molecular weight excluding hydrogens is 361 g/mol. The summed E-state index contributed by atoms with van der Waals surface area (Å²) in [7, 11) is 1.48. The van der Waals surface area contributed by atoms with E-state index in [1.54, 1.807) is 0 Å². The minimum absolute atomic E-state index is 0.381. The fourth-order valence-corrected chi connectivity index (χ4v) is 2.80. The minimum Gasteiger partial charge on any atom is -0.381 e. The fourth-order valence-electron chi connectivity index (χ4n) is 2.80. The number of nitrogens with one attached hydrogen (secondary N) is 2. The second kappa shape index (κ2) is 14.0. The van der Waals surface area contributed by atoms with Gasteiger partial charge in [-0.15, -0.1) is 0 Å². The first-order chi connectivity index (χ1) is 12.9. The molecule has 0 bridgehead atoms. The van der Waals surface area contributed by atoms with Crippen molar-refractivity contribution in [1.82, 2.24) is 15.5 Å². The van der Waals surface area contributed by atoms with E-state index in [0.29, 0.717) is 44.5 Å². The molecule has 1 aliphatic rings. The van der Waals surface area contributed by atoms with Gasteiger partial charge in [0.15, 0.2) is 5.96 Å². The predicted molar refractivity (Wildman–Crippen MR) is 101 cm³/mol. The molecule has 0 aromatic heterocycles. The zero-order chi connectivity index (χ0) is 20.0. The molecule has 0 saturated carbocycles. The van der Waals surface area contributed by atoms with E-state index in [-0.39, 0.29) is 0 Å². The molecule has 1 saturated heterocycles. The van der Waals surface area contributed by atoms with Crippen LogP contribution in [0, 0.1) is 5.92 Å². The zero-order valence-electron chi connectivity index (χ0n) is 16.6. The second-order valence-electron chi connectivity index (χ2n) is 6.88. The first-order valence-electron chi connectivity index (χ1n) is 9.83. The molecule has 1 heterocycles. The number of nitrogens with zero attached hydrogens (tertiary/aromatic N) is 2. The highest BCUT2D eigenvalue weighted by Gasteiger charge is 2.28. The molecule has 1 aliphatic heterocycles. The maximum atomic E-state index is 12.3. The Hall–Kier alpha value is -1.06. The lowest BCUT2D eigenvalue weighted by Crippen LogP contribution is -2.39. The molecule has 0 amide bonds. The summed E-state index contributed by atoms with van der Waals surface area (Å²) in [6.07, 6.45) is -0.541. The van der Waals surface area contributed by atoms with Gasteiger partial charge in [-0.05, 0) is 52.1 Å². The molecule has 9 heteroatoms. The van der Waals surface area contributed by atoms with Crippen LogP contribution in [0.2, 0.25) is 0 Å². The average molecular weight is 396 g/mol. The number of alkyl halides is 3. The smallest absolute Gasteiger partial charge is 0.381 e. The normalized spacial score (nSPS) is 16.7. The van der Waals surface area contributed by atoms with E-state index in [1.165, 1.54) is 11.9 Å². The number of halogens is 3. The quantitative estimate of drug-likeness (QED) is 0.301. The summed E-state index contributed by atoms with van der Waals surface area (Å²) in [5.74, 6) is 1.30. The van der Waals surface area contributed by atoms with E-state index >= 15 is 0 Å². The van der Waals surface area contributed by atoms with Gasteiger partial charge in [0.05, 0.1) is 6.54 Å². The molecule has 0 aromatic rings. The summed E-state index contributed by atoms with van der Waals surface area (Å²) in [5, 5.41) is 6.30. The third-order valence-electron chi connectivity index (χ3n) is 4.21. The number of hydrogen-bond donors (Lipinski definition) is 2. The average Bonchev–Trinajstić information content (AvgIpc) is 2.61. The van der Waals surface area contributed by atoms with Gasteiger partial charge >= 0.3 is 6.18 Å². The summed E-state index contributed by atoms with van der Waals surface area (Å²) in [4.78, 5) is 5.75. The molecule has 0 unspecified atom stereocenters. The van der Waals surface area contributed by atoms with Gasteiger partial charge in [0.2, 0.25) is 0 Å². The van der Waals surface area contributed by atoms with Crippen LogP contribution in [0.15, 0.2) is 4.99 Å². The molecule has 1 rings (SSSR count). The van der Waals surface area contributed by atoms with Crippen molar-refractivity contribution in [2.24, 2.45) is 10.9 Å². The Labute approximate surface area is 160 Å². The van der Waals surface area contributed by atoms with E-state index < -0.39 is 12.7 Å². The van der Waals surface area contributed by atoms with Gasteiger partial charge in [-0.25, -0.2) is 0 Å². The van der Waals surface area contributed by atoms with E-state index in [2.05, 4.69) is 15.6 Å². The van der Waals surface area contributed by atoms with Gasteiger partial charge < -0.3 is 20.1 Å². The first-order valence-corrected chi connectivity index (χ1v) is 9.83. The maximum Gasteiger partial charge on any atom is 0.401 e. The molecule has 6 nitrogen and oxygen atoms in total. The lowest BCUT2D eigenvalue weighted by molar-refractivity contribution is -0.143. The number of guanidine groups is 1. The number of aliphatic imine (C=N–C) groups is 1. The van der Waals surface area contributed by atoms with Crippen LogP contribution in [0.3, 0.4) is 0 Å². The fraction of sp³-hybridized carbons (Fsp3) is 0.944. The maximum absolute atomic E-state index is 12.3. The summed E-state index contributed by atoms with van der Waals surface area (Å²) in [6, 6.07) is 0. The highest BCUT2D eigenvalue weighted by Crippen LogP contribution is 2.15. The molecule has 0 spiro atoms. The predicted octanol–water partition coefficient (Wildman–Crippen LogP) is 2.26. The van der Waals surface area contributed by atoms with Crippen LogP contribution in [-0.2, 0) is 9.47 Å². The molecular formula is C18H35F3N4O2. The van der Waals surface area contributed by atoms with Crippen molar-refractivity contribution in [1.29, 1.82) is 0 Å². The van der Waals surface area contributed by atoms with Crippen molar-refractivity contribution in [3.05, 3.63) is 0 Å². The van der Waals surface area contributed by atoms with Crippen LogP contribution in [0.5, 0.6) is 0 Å². The molecule has 0 atom stereocenters. The summed E-state index contributed by atoms with van der Waals surface area (Å²) < 4.78 is 47.9. The van der Waals surface area contributed by atoms with Crippen molar-refractivity contribution in [2.45, 2.75) is 38.8 Å². The Morgan fingerprint density at radius 3 is 2.63 bits per heavy atom. The van der Waals surface area contributed by atoms with Crippen LogP contribution < -0.4 is 10.6 Å². The number of hydrogen-bond acceptors (Lipinski definition) is 4. The zero-order valence-corrected chi connectivity index (χ0v) is 16.6. The summed E-state index contributed by atoms with van der Waals surface area (Å²) in [5.41, 5.74) is 0. The number of rotatable bonds is 12. The topological polar surface area (TPSA) is 58.1 Å². The SMILES string of the molecule is CCNC(=NCCCOCC1CCOCC1)NCCCN(C)CC(F)(F)F. The Morgan fingerprint density at radius 2 is 1.96 bits per heavy atom. The molecule has 1 fully saturated rings. The van der Waals surface area contributed by atoms with Gasteiger partial charge in [-0.3, -0.25) is 9.89 Å². The Bertz CT molecular complexity index is 403. The third-order valence-corrected chi connectivity index (χ3v) is 4.21. The molecule has 27 heavy (non-hydrogen) atoms. The monoisotopic (exact) mass is 396 g/mol. The van der Waals surface area contributed by atoms with Crippen LogP contribution in [-0.4, -0.2) is 83.2 Å². The Balaban J connectivity index is 2.10. The molecule has 0 aromatic carbocycles. The van der Waals surface area contributed by atoms with E-state index in [1.807, 2.05) is 6.92 Å². The van der Waals surface area contributed by atoms with Crippen molar-refractivity contribution >= 4 is 5.96 Å². The van der Waals surface area contributed by atoms with E-state index in [4.69, 9.17) is 9.47 Å². The first kappa shape index (κ1) is 24.0. The molecule has 2 N–H and O–H groups in total. The highest BCUT2D eigenvalue weighted by atomic mass is 19.4. The molecule has 0 radical (unpaired) electrons. The Morgan fingerprint density at radius 1 is 1.22 bits per heavy atom. The lowest BCUT2D eigenvalue weighted by atomic mass is 10.0. The van der Waals surface area contributed by atoms with Crippen LogP contribution in [0.25, 0.3) is 0 Å².